The molecule has 0 aliphatic carbocycles. The highest BCUT2D eigenvalue weighted by Crippen LogP contribution is 2.23. The van der Waals surface area contributed by atoms with E-state index in [4.69, 9.17) is 27.8 Å². The quantitative estimate of drug-likeness (QED) is 0.891. The van der Waals surface area contributed by atoms with E-state index in [1.807, 2.05) is 12.1 Å². The molecule has 0 spiro atoms. The number of halogens is 2. The van der Waals surface area contributed by atoms with E-state index in [9.17, 15) is 4.39 Å². The number of hydrogen-bond donors (Lipinski definition) is 2. The Morgan fingerprint density at radius 3 is 2.65 bits per heavy atom. The molecule has 0 radical (unpaired) electrons. The minimum atomic E-state index is -0.382. The van der Waals surface area contributed by atoms with E-state index < -0.39 is 0 Å². The lowest BCUT2D eigenvalue weighted by Gasteiger charge is -2.12. The van der Waals surface area contributed by atoms with Crippen molar-refractivity contribution >= 4 is 11.6 Å². The molecule has 3 nitrogen and oxygen atoms in total. The van der Waals surface area contributed by atoms with Gasteiger partial charge in [-0.05, 0) is 29.8 Å². The lowest BCUT2D eigenvalue weighted by Crippen LogP contribution is -2.20. The van der Waals surface area contributed by atoms with Crippen LogP contribution in [0, 0.1) is 5.82 Å². The maximum atomic E-state index is 13.6. The molecule has 106 valence electrons. The zero-order valence-electron chi connectivity index (χ0n) is 10.9. The van der Waals surface area contributed by atoms with Crippen LogP contribution in [0.3, 0.4) is 0 Å². The standard InChI is InChI=1S/C15H16ClFN2O/c16-13-5-2-6-14(17)12(13)9-20-11-4-1-3-10(7-11)15(19)8-18/h1-7,15H,8-9,18-19H2. The molecule has 20 heavy (non-hydrogen) atoms. The Hall–Kier alpha value is -1.62. The van der Waals surface area contributed by atoms with Crippen LogP contribution in [0.25, 0.3) is 0 Å². The molecular formula is C15H16ClFN2O. The van der Waals surface area contributed by atoms with Crippen molar-refractivity contribution in [2.45, 2.75) is 12.6 Å². The maximum Gasteiger partial charge on any atom is 0.131 e. The summed E-state index contributed by atoms with van der Waals surface area (Å²) in [4.78, 5) is 0. The van der Waals surface area contributed by atoms with Gasteiger partial charge in [0.05, 0.1) is 5.02 Å². The lowest BCUT2D eigenvalue weighted by molar-refractivity contribution is 0.299. The van der Waals surface area contributed by atoms with Crippen LogP contribution in [-0.2, 0) is 6.61 Å². The fraction of sp³-hybridized carbons (Fsp3) is 0.200. The molecule has 0 fully saturated rings. The van der Waals surface area contributed by atoms with Crippen LogP contribution >= 0.6 is 11.6 Å². The van der Waals surface area contributed by atoms with Gasteiger partial charge in [0.2, 0.25) is 0 Å². The Bertz CT molecular complexity index is 572. The summed E-state index contributed by atoms with van der Waals surface area (Å²) in [6.07, 6.45) is 0. The van der Waals surface area contributed by atoms with Gasteiger partial charge in [0.15, 0.2) is 0 Å². The van der Waals surface area contributed by atoms with Gasteiger partial charge in [0.25, 0.3) is 0 Å². The molecule has 1 unspecified atom stereocenters. The Kier molecular flexibility index (Phi) is 4.95. The molecule has 0 amide bonds. The van der Waals surface area contributed by atoms with Gasteiger partial charge in [-0.3, -0.25) is 0 Å². The van der Waals surface area contributed by atoms with Crippen molar-refractivity contribution in [2.24, 2.45) is 11.5 Å². The highest BCUT2D eigenvalue weighted by molar-refractivity contribution is 6.31. The van der Waals surface area contributed by atoms with Crippen molar-refractivity contribution in [2.75, 3.05) is 6.54 Å². The molecule has 2 rings (SSSR count). The van der Waals surface area contributed by atoms with Crippen molar-refractivity contribution in [3.8, 4) is 5.75 Å². The van der Waals surface area contributed by atoms with Crippen LogP contribution in [0.15, 0.2) is 42.5 Å². The molecular weight excluding hydrogens is 279 g/mol. The third-order valence-electron chi connectivity index (χ3n) is 2.99. The van der Waals surface area contributed by atoms with Crippen molar-refractivity contribution in [3.05, 3.63) is 64.4 Å². The monoisotopic (exact) mass is 294 g/mol. The number of hydrogen-bond acceptors (Lipinski definition) is 3. The lowest BCUT2D eigenvalue weighted by atomic mass is 10.1. The molecule has 2 aromatic rings. The summed E-state index contributed by atoms with van der Waals surface area (Å²) in [5, 5.41) is 0.347. The zero-order valence-corrected chi connectivity index (χ0v) is 11.6. The number of ether oxygens (including phenoxy) is 1. The van der Waals surface area contributed by atoms with E-state index in [-0.39, 0.29) is 18.5 Å². The minimum Gasteiger partial charge on any atom is -0.489 e. The maximum absolute atomic E-state index is 13.6. The molecule has 0 saturated carbocycles. The molecule has 1 atom stereocenters. The van der Waals surface area contributed by atoms with Crippen LogP contribution in [0.2, 0.25) is 5.02 Å². The minimum absolute atomic E-state index is 0.0623. The molecule has 0 heterocycles. The predicted molar refractivity (Wildman–Crippen MR) is 78.2 cm³/mol. The van der Waals surface area contributed by atoms with Gasteiger partial charge in [0.1, 0.15) is 18.2 Å². The first-order chi connectivity index (χ1) is 9.61. The Balaban J connectivity index is 2.11. The average Bonchev–Trinajstić information content (AvgIpc) is 2.46. The van der Waals surface area contributed by atoms with E-state index in [0.717, 1.165) is 5.56 Å². The molecule has 0 aliphatic heterocycles. The SMILES string of the molecule is NCC(N)c1cccc(OCc2c(F)cccc2Cl)c1. The Morgan fingerprint density at radius 2 is 1.95 bits per heavy atom. The zero-order chi connectivity index (χ0) is 14.5. The van der Waals surface area contributed by atoms with Crippen LogP contribution in [0.1, 0.15) is 17.2 Å². The van der Waals surface area contributed by atoms with Crippen LogP contribution < -0.4 is 16.2 Å². The molecule has 0 aromatic heterocycles. The van der Waals surface area contributed by atoms with Gasteiger partial charge in [-0.2, -0.15) is 0 Å². The van der Waals surface area contributed by atoms with Gasteiger partial charge in [-0.1, -0.05) is 29.8 Å². The molecule has 0 saturated heterocycles. The van der Waals surface area contributed by atoms with Gasteiger partial charge < -0.3 is 16.2 Å². The number of rotatable bonds is 5. The summed E-state index contributed by atoms with van der Waals surface area (Å²) in [5.41, 5.74) is 12.6. The first-order valence-corrected chi connectivity index (χ1v) is 6.61. The average molecular weight is 295 g/mol. The van der Waals surface area contributed by atoms with Gasteiger partial charge in [0, 0.05) is 18.2 Å². The van der Waals surface area contributed by atoms with Crippen molar-refractivity contribution in [1.29, 1.82) is 0 Å². The van der Waals surface area contributed by atoms with E-state index >= 15 is 0 Å². The molecule has 4 N–H and O–H groups in total. The predicted octanol–water partition coefficient (Wildman–Crippen LogP) is 3.02. The van der Waals surface area contributed by atoms with Crippen molar-refractivity contribution < 1.29 is 9.13 Å². The van der Waals surface area contributed by atoms with E-state index in [2.05, 4.69) is 0 Å². The largest absolute Gasteiger partial charge is 0.489 e. The third-order valence-corrected chi connectivity index (χ3v) is 3.34. The normalized spacial score (nSPS) is 12.2. The van der Waals surface area contributed by atoms with Crippen molar-refractivity contribution in [1.82, 2.24) is 0 Å². The summed E-state index contributed by atoms with van der Waals surface area (Å²) in [6.45, 7) is 0.412. The number of nitrogens with two attached hydrogens (primary N) is 2. The van der Waals surface area contributed by atoms with Gasteiger partial charge >= 0.3 is 0 Å². The van der Waals surface area contributed by atoms with E-state index in [1.165, 1.54) is 6.07 Å². The third kappa shape index (κ3) is 3.48. The molecule has 5 heteroatoms. The first-order valence-electron chi connectivity index (χ1n) is 6.23. The topological polar surface area (TPSA) is 61.3 Å². The fourth-order valence-electron chi connectivity index (χ4n) is 1.80. The smallest absolute Gasteiger partial charge is 0.131 e. The molecule has 0 bridgehead atoms. The second kappa shape index (κ2) is 6.70. The summed E-state index contributed by atoms with van der Waals surface area (Å²) >= 11 is 5.94. The molecule has 2 aromatic carbocycles. The molecule has 0 aliphatic rings. The van der Waals surface area contributed by atoms with Crippen LogP contribution in [-0.4, -0.2) is 6.54 Å². The highest BCUT2D eigenvalue weighted by atomic mass is 35.5. The van der Waals surface area contributed by atoms with Crippen LogP contribution in [0.5, 0.6) is 5.75 Å². The summed E-state index contributed by atoms with van der Waals surface area (Å²) in [6, 6.07) is 11.6. The number of benzene rings is 2. The Morgan fingerprint density at radius 1 is 1.20 bits per heavy atom. The van der Waals surface area contributed by atoms with E-state index in [0.29, 0.717) is 22.9 Å². The summed E-state index contributed by atoms with van der Waals surface area (Å²) in [5.74, 6) is 0.220. The first kappa shape index (κ1) is 14.8. The van der Waals surface area contributed by atoms with Gasteiger partial charge in [-0.25, -0.2) is 4.39 Å². The summed E-state index contributed by atoms with van der Waals surface area (Å²) < 4.78 is 19.2. The summed E-state index contributed by atoms with van der Waals surface area (Å²) in [7, 11) is 0. The second-order valence-corrected chi connectivity index (χ2v) is 4.81. The highest BCUT2D eigenvalue weighted by Gasteiger charge is 2.09. The fourth-order valence-corrected chi connectivity index (χ4v) is 2.01. The van der Waals surface area contributed by atoms with Crippen LogP contribution in [0.4, 0.5) is 4.39 Å². The second-order valence-electron chi connectivity index (χ2n) is 4.40. The Labute approximate surface area is 122 Å². The van der Waals surface area contributed by atoms with Crippen molar-refractivity contribution in [3.63, 3.8) is 0 Å². The van der Waals surface area contributed by atoms with Gasteiger partial charge in [-0.15, -0.1) is 0 Å². The van der Waals surface area contributed by atoms with E-state index in [1.54, 1.807) is 24.3 Å².